The fraction of sp³-hybridized carbons (Fsp3) is 0.600. The van der Waals surface area contributed by atoms with Crippen LogP contribution in [0.3, 0.4) is 0 Å². The molecule has 0 spiro atoms. The van der Waals surface area contributed by atoms with Crippen molar-refractivity contribution in [1.82, 2.24) is 9.88 Å². The van der Waals surface area contributed by atoms with Crippen molar-refractivity contribution in [2.75, 3.05) is 24.5 Å². The highest BCUT2D eigenvalue weighted by molar-refractivity contribution is 5.95. The normalized spacial score (nSPS) is 26.6. The fourth-order valence-electron chi connectivity index (χ4n) is 3.51. The number of carboxylic acids is 1. The number of aromatic carboxylic acids is 1. The van der Waals surface area contributed by atoms with Crippen molar-refractivity contribution in [3.05, 3.63) is 23.4 Å². The van der Waals surface area contributed by atoms with Crippen molar-refractivity contribution >= 4 is 11.8 Å². The number of carbonyl (C=O) groups is 1. The predicted octanol–water partition coefficient (Wildman–Crippen LogP) is 1.76. The zero-order valence-corrected chi connectivity index (χ0v) is 12.0. The Morgan fingerprint density at radius 2 is 2.25 bits per heavy atom. The van der Waals surface area contributed by atoms with E-state index in [2.05, 4.69) is 21.7 Å². The highest BCUT2D eigenvalue weighted by atomic mass is 16.4. The molecule has 0 aromatic carbocycles. The van der Waals surface area contributed by atoms with Gasteiger partial charge in [-0.3, -0.25) is 4.90 Å². The second-order valence-corrected chi connectivity index (χ2v) is 5.92. The molecule has 1 aromatic heterocycles. The molecular formula is C15H21N3O2. The van der Waals surface area contributed by atoms with Crippen molar-refractivity contribution in [3.8, 4) is 0 Å². The van der Waals surface area contributed by atoms with Gasteiger partial charge in [-0.05, 0) is 44.9 Å². The number of rotatable bonds is 2. The first-order chi connectivity index (χ1) is 9.58. The molecule has 108 valence electrons. The van der Waals surface area contributed by atoms with Gasteiger partial charge in [0.1, 0.15) is 11.4 Å². The average Bonchev–Trinajstić information content (AvgIpc) is 2.84. The summed E-state index contributed by atoms with van der Waals surface area (Å²) < 4.78 is 0. The van der Waals surface area contributed by atoms with Crippen LogP contribution in [0.1, 0.15) is 35.7 Å². The Morgan fingerprint density at radius 1 is 1.45 bits per heavy atom. The van der Waals surface area contributed by atoms with Crippen LogP contribution in [-0.4, -0.2) is 52.7 Å². The fourth-order valence-corrected chi connectivity index (χ4v) is 3.51. The second-order valence-electron chi connectivity index (χ2n) is 5.92. The minimum Gasteiger partial charge on any atom is -0.478 e. The zero-order valence-electron chi connectivity index (χ0n) is 12.0. The van der Waals surface area contributed by atoms with Gasteiger partial charge in [0.2, 0.25) is 0 Å². The Balaban J connectivity index is 1.96. The van der Waals surface area contributed by atoms with E-state index in [-0.39, 0.29) is 0 Å². The molecule has 0 radical (unpaired) electrons. The molecule has 0 bridgehead atoms. The van der Waals surface area contributed by atoms with Gasteiger partial charge in [0.15, 0.2) is 0 Å². The van der Waals surface area contributed by atoms with Gasteiger partial charge in [-0.25, -0.2) is 9.78 Å². The summed E-state index contributed by atoms with van der Waals surface area (Å²) in [6.45, 7) is 7.06. The van der Waals surface area contributed by atoms with E-state index < -0.39 is 5.97 Å². The number of nitrogens with zero attached hydrogens (tertiary/aromatic N) is 3. The smallest absolute Gasteiger partial charge is 0.339 e. The van der Waals surface area contributed by atoms with Crippen LogP contribution in [0.15, 0.2) is 12.3 Å². The van der Waals surface area contributed by atoms with Crippen LogP contribution < -0.4 is 4.90 Å². The maximum absolute atomic E-state index is 11.5. The molecule has 3 heterocycles. The Morgan fingerprint density at radius 3 is 3.00 bits per heavy atom. The van der Waals surface area contributed by atoms with Crippen molar-refractivity contribution in [3.63, 3.8) is 0 Å². The number of piperazine rings is 1. The molecule has 0 saturated carbocycles. The topological polar surface area (TPSA) is 56.7 Å². The van der Waals surface area contributed by atoms with Gasteiger partial charge in [0.05, 0.1) is 0 Å². The number of carboxylic acid groups (broad SMARTS) is 1. The second kappa shape index (κ2) is 5.05. The number of anilines is 1. The Bertz CT molecular complexity index is 532. The molecule has 0 aliphatic carbocycles. The first-order valence-corrected chi connectivity index (χ1v) is 7.27. The van der Waals surface area contributed by atoms with E-state index >= 15 is 0 Å². The van der Waals surface area contributed by atoms with Crippen LogP contribution >= 0.6 is 0 Å². The first-order valence-electron chi connectivity index (χ1n) is 7.27. The van der Waals surface area contributed by atoms with Crippen molar-refractivity contribution in [2.45, 2.75) is 38.8 Å². The Labute approximate surface area is 119 Å². The lowest BCUT2D eigenvalue weighted by atomic mass is 10.0. The first kappa shape index (κ1) is 13.4. The zero-order chi connectivity index (χ0) is 14.3. The third-order valence-corrected chi connectivity index (χ3v) is 4.56. The summed E-state index contributed by atoms with van der Waals surface area (Å²) in [4.78, 5) is 20.6. The standard InChI is InChI=1S/C15H21N3O2/c1-10-5-6-16-14(13(10)15(19)20)18-9-12-4-3-7-17(12)8-11(18)2/h5-6,11-12H,3-4,7-9H2,1-2H3,(H,19,20). The SMILES string of the molecule is Cc1ccnc(N2CC3CCCN3CC2C)c1C(=O)O. The molecule has 1 N–H and O–H groups in total. The number of aryl methyl sites for hydroxylation is 1. The lowest BCUT2D eigenvalue weighted by molar-refractivity contribution is 0.0696. The monoisotopic (exact) mass is 275 g/mol. The summed E-state index contributed by atoms with van der Waals surface area (Å²) in [6, 6.07) is 2.62. The summed E-state index contributed by atoms with van der Waals surface area (Å²) in [6.07, 6.45) is 4.17. The van der Waals surface area contributed by atoms with E-state index in [1.165, 1.54) is 19.4 Å². The molecule has 0 amide bonds. The molecular weight excluding hydrogens is 254 g/mol. The van der Waals surface area contributed by atoms with Crippen molar-refractivity contribution < 1.29 is 9.90 Å². The van der Waals surface area contributed by atoms with Crippen LogP contribution in [0.2, 0.25) is 0 Å². The highest BCUT2D eigenvalue weighted by Crippen LogP contribution is 2.30. The van der Waals surface area contributed by atoms with Crippen molar-refractivity contribution in [2.24, 2.45) is 0 Å². The van der Waals surface area contributed by atoms with Gasteiger partial charge < -0.3 is 10.0 Å². The van der Waals surface area contributed by atoms with E-state index in [1.807, 2.05) is 6.92 Å². The molecule has 2 aliphatic rings. The minimum atomic E-state index is -0.883. The van der Waals surface area contributed by atoms with E-state index in [4.69, 9.17) is 0 Å². The van der Waals surface area contributed by atoms with Gasteiger partial charge in [-0.15, -0.1) is 0 Å². The summed E-state index contributed by atoms with van der Waals surface area (Å²) in [5.74, 6) is -0.247. The molecule has 1 aromatic rings. The summed E-state index contributed by atoms with van der Waals surface area (Å²) in [5, 5.41) is 9.47. The number of fused-ring (bicyclic) bond motifs is 1. The third kappa shape index (κ3) is 2.16. The largest absolute Gasteiger partial charge is 0.478 e. The summed E-state index contributed by atoms with van der Waals surface area (Å²) in [5.41, 5.74) is 1.13. The average molecular weight is 275 g/mol. The van der Waals surface area contributed by atoms with Gasteiger partial charge in [0.25, 0.3) is 0 Å². The van der Waals surface area contributed by atoms with Crippen LogP contribution in [0, 0.1) is 6.92 Å². The van der Waals surface area contributed by atoms with Gasteiger partial charge in [0, 0.05) is 31.4 Å². The quantitative estimate of drug-likeness (QED) is 0.891. The maximum atomic E-state index is 11.5. The van der Waals surface area contributed by atoms with E-state index in [1.54, 1.807) is 12.3 Å². The highest BCUT2D eigenvalue weighted by Gasteiger charge is 2.36. The van der Waals surface area contributed by atoms with Crippen LogP contribution in [-0.2, 0) is 0 Å². The third-order valence-electron chi connectivity index (χ3n) is 4.56. The molecule has 2 saturated heterocycles. The summed E-state index contributed by atoms with van der Waals surface area (Å²) in [7, 11) is 0. The van der Waals surface area contributed by atoms with Crippen LogP contribution in [0.25, 0.3) is 0 Å². The van der Waals surface area contributed by atoms with E-state index in [0.717, 1.165) is 18.7 Å². The van der Waals surface area contributed by atoms with E-state index in [0.29, 0.717) is 23.5 Å². The lowest BCUT2D eigenvalue weighted by Crippen LogP contribution is -2.55. The molecule has 5 heteroatoms. The van der Waals surface area contributed by atoms with E-state index in [9.17, 15) is 9.90 Å². The summed E-state index contributed by atoms with van der Waals surface area (Å²) >= 11 is 0. The molecule has 20 heavy (non-hydrogen) atoms. The van der Waals surface area contributed by atoms with Crippen LogP contribution in [0.5, 0.6) is 0 Å². The Kier molecular flexibility index (Phi) is 3.38. The lowest BCUT2D eigenvalue weighted by Gasteiger charge is -2.43. The van der Waals surface area contributed by atoms with Crippen LogP contribution in [0.4, 0.5) is 5.82 Å². The number of pyridine rings is 1. The van der Waals surface area contributed by atoms with Gasteiger partial charge >= 0.3 is 5.97 Å². The molecule has 2 unspecified atom stereocenters. The van der Waals surface area contributed by atoms with Gasteiger partial charge in [-0.2, -0.15) is 0 Å². The molecule has 5 nitrogen and oxygen atoms in total. The molecule has 3 rings (SSSR count). The van der Waals surface area contributed by atoms with Crippen molar-refractivity contribution in [1.29, 1.82) is 0 Å². The number of hydrogen-bond donors (Lipinski definition) is 1. The van der Waals surface area contributed by atoms with Gasteiger partial charge in [-0.1, -0.05) is 0 Å². The predicted molar refractivity (Wildman–Crippen MR) is 77.3 cm³/mol. The Hall–Kier alpha value is -1.62. The molecule has 2 aliphatic heterocycles. The molecule has 2 atom stereocenters. The number of aromatic nitrogens is 1. The maximum Gasteiger partial charge on any atom is 0.339 e. The minimum absolute atomic E-state index is 0.303. The molecule has 2 fully saturated rings. The number of hydrogen-bond acceptors (Lipinski definition) is 4.